The number of sulfonamides is 1. The molecule has 0 fully saturated rings. The highest BCUT2D eigenvalue weighted by atomic mass is 32.2. The van der Waals surface area contributed by atoms with Crippen LogP contribution in [0, 0.1) is 0 Å². The van der Waals surface area contributed by atoms with Crippen molar-refractivity contribution in [1.29, 1.82) is 0 Å². The van der Waals surface area contributed by atoms with Gasteiger partial charge in [0, 0.05) is 18.0 Å². The monoisotopic (exact) mass is 326 g/mol. The smallest absolute Gasteiger partial charge is 0.242 e. The van der Waals surface area contributed by atoms with Crippen LogP contribution < -0.4 is 4.72 Å². The second-order valence-corrected chi connectivity index (χ2v) is 6.54. The molecule has 6 nitrogen and oxygen atoms in total. The van der Waals surface area contributed by atoms with Crippen LogP contribution in [-0.4, -0.2) is 23.4 Å². The summed E-state index contributed by atoms with van der Waals surface area (Å²) >= 11 is 0. The Morgan fingerprint density at radius 2 is 1.83 bits per heavy atom. The highest BCUT2D eigenvalue weighted by Gasteiger charge is 2.14. The lowest BCUT2D eigenvalue weighted by atomic mass is 10.1. The molecule has 0 saturated heterocycles. The minimum absolute atomic E-state index is 0.0829. The van der Waals surface area contributed by atoms with E-state index in [0.29, 0.717) is 5.69 Å². The Morgan fingerprint density at radius 1 is 1.00 bits per heavy atom. The van der Waals surface area contributed by atoms with Crippen molar-refractivity contribution in [1.82, 2.24) is 19.7 Å². The molecule has 0 unspecified atom stereocenters. The predicted molar refractivity (Wildman–Crippen MR) is 85.7 cm³/mol. The van der Waals surface area contributed by atoms with Crippen molar-refractivity contribution in [3.63, 3.8) is 0 Å². The van der Waals surface area contributed by atoms with E-state index in [4.69, 9.17) is 0 Å². The first kappa shape index (κ1) is 15.3. The molecule has 7 heteroatoms. The number of nitrogens with one attached hydrogen (secondary N) is 1. The first-order valence-electron chi connectivity index (χ1n) is 6.91. The zero-order valence-corrected chi connectivity index (χ0v) is 12.9. The van der Waals surface area contributed by atoms with Gasteiger partial charge in [-0.3, -0.25) is 4.98 Å². The van der Waals surface area contributed by atoms with Crippen LogP contribution in [0.15, 0.2) is 72.1 Å². The average Bonchev–Trinajstić information content (AvgIpc) is 2.62. The van der Waals surface area contributed by atoms with Crippen LogP contribution in [0.4, 0.5) is 0 Å². The van der Waals surface area contributed by atoms with Crippen LogP contribution in [0.25, 0.3) is 11.3 Å². The van der Waals surface area contributed by atoms with E-state index < -0.39 is 10.0 Å². The largest absolute Gasteiger partial charge is 0.263 e. The van der Waals surface area contributed by atoms with Crippen LogP contribution in [0.2, 0.25) is 0 Å². The van der Waals surface area contributed by atoms with Gasteiger partial charge in [0.05, 0.1) is 17.9 Å². The number of aromatic nitrogens is 3. The maximum atomic E-state index is 12.2. The Balaban J connectivity index is 1.77. The van der Waals surface area contributed by atoms with Crippen molar-refractivity contribution in [3.8, 4) is 11.3 Å². The van der Waals surface area contributed by atoms with Crippen molar-refractivity contribution >= 4 is 10.0 Å². The third-order valence-electron chi connectivity index (χ3n) is 3.18. The summed E-state index contributed by atoms with van der Waals surface area (Å²) in [4.78, 5) is 12.3. The van der Waals surface area contributed by atoms with Crippen molar-refractivity contribution in [2.24, 2.45) is 0 Å². The average molecular weight is 326 g/mol. The Labute approximate surface area is 134 Å². The predicted octanol–water partition coefficient (Wildman–Crippen LogP) is 2.02. The van der Waals surface area contributed by atoms with E-state index >= 15 is 0 Å². The number of nitrogens with zero attached hydrogens (tertiary/aromatic N) is 3. The molecule has 2 heterocycles. The molecule has 23 heavy (non-hydrogen) atoms. The van der Waals surface area contributed by atoms with Crippen LogP contribution >= 0.6 is 0 Å². The van der Waals surface area contributed by atoms with E-state index in [9.17, 15) is 8.42 Å². The normalized spacial score (nSPS) is 11.3. The highest BCUT2D eigenvalue weighted by molar-refractivity contribution is 7.89. The van der Waals surface area contributed by atoms with Gasteiger partial charge in [0.2, 0.25) is 10.0 Å². The second kappa shape index (κ2) is 6.64. The van der Waals surface area contributed by atoms with E-state index in [1.807, 2.05) is 30.3 Å². The molecule has 0 aliphatic carbocycles. The molecule has 0 aliphatic heterocycles. The van der Waals surface area contributed by atoms with Gasteiger partial charge in [-0.05, 0) is 18.2 Å². The van der Waals surface area contributed by atoms with Crippen LogP contribution in [-0.2, 0) is 16.6 Å². The van der Waals surface area contributed by atoms with Crippen molar-refractivity contribution in [2.45, 2.75) is 11.4 Å². The minimum atomic E-state index is -3.61. The fourth-order valence-electron chi connectivity index (χ4n) is 2.02. The summed E-state index contributed by atoms with van der Waals surface area (Å²) in [7, 11) is -3.61. The summed E-state index contributed by atoms with van der Waals surface area (Å²) in [5.41, 5.74) is 2.29. The van der Waals surface area contributed by atoms with Crippen molar-refractivity contribution < 1.29 is 8.42 Å². The number of hydrogen-bond donors (Lipinski definition) is 1. The molecule has 0 atom stereocenters. The molecule has 1 aromatic carbocycles. The van der Waals surface area contributed by atoms with Crippen LogP contribution in [0.5, 0.6) is 0 Å². The van der Waals surface area contributed by atoms with Crippen LogP contribution in [0.1, 0.15) is 5.69 Å². The molecule has 0 spiro atoms. The zero-order chi connectivity index (χ0) is 16.1. The number of hydrogen-bond acceptors (Lipinski definition) is 5. The fraction of sp³-hybridized carbons (Fsp3) is 0.0625. The molecule has 0 bridgehead atoms. The van der Waals surface area contributed by atoms with Gasteiger partial charge in [0.1, 0.15) is 11.2 Å². The van der Waals surface area contributed by atoms with Gasteiger partial charge in [-0.25, -0.2) is 23.1 Å². The molecule has 0 radical (unpaired) electrons. The molecular weight excluding hydrogens is 312 g/mol. The Morgan fingerprint density at radius 3 is 2.57 bits per heavy atom. The van der Waals surface area contributed by atoms with E-state index in [1.54, 1.807) is 12.1 Å². The number of rotatable bonds is 5. The standard InChI is InChI=1S/C16H14N4O2S/c21-23(22,15-7-4-8-17-11-15)20-10-14-9-16(19-12-18-14)13-5-2-1-3-6-13/h1-9,11-12,20H,10H2. The molecule has 3 rings (SSSR count). The number of benzene rings is 1. The first-order valence-corrected chi connectivity index (χ1v) is 8.39. The van der Waals surface area contributed by atoms with Crippen molar-refractivity contribution in [3.05, 3.63) is 72.9 Å². The van der Waals surface area contributed by atoms with Crippen LogP contribution in [0.3, 0.4) is 0 Å². The maximum Gasteiger partial charge on any atom is 0.242 e. The molecule has 2 aromatic heterocycles. The van der Waals surface area contributed by atoms with Gasteiger partial charge >= 0.3 is 0 Å². The molecule has 116 valence electrons. The van der Waals surface area contributed by atoms with Gasteiger partial charge < -0.3 is 0 Å². The van der Waals surface area contributed by atoms with E-state index in [-0.39, 0.29) is 11.4 Å². The quantitative estimate of drug-likeness (QED) is 0.775. The maximum absolute atomic E-state index is 12.2. The summed E-state index contributed by atoms with van der Waals surface area (Å²) < 4.78 is 26.8. The molecule has 0 amide bonds. The van der Waals surface area contributed by atoms with E-state index in [0.717, 1.165) is 11.3 Å². The lowest BCUT2D eigenvalue weighted by Gasteiger charge is -2.07. The molecule has 3 aromatic rings. The topological polar surface area (TPSA) is 84.8 Å². The summed E-state index contributed by atoms with van der Waals surface area (Å²) in [5, 5.41) is 0. The molecular formula is C16H14N4O2S. The van der Waals surface area contributed by atoms with Gasteiger partial charge in [0.25, 0.3) is 0 Å². The minimum Gasteiger partial charge on any atom is -0.263 e. The summed E-state index contributed by atoms with van der Waals surface area (Å²) in [6.45, 7) is 0.0829. The van der Waals surface area contributed by atoms with E-state index in [1.165, 1.54) is 24.8 Å². The molecule has 1 N–H and O–H groups in total. The Kier molecular flexibility index (Phi) is 4.40. The van der Waals surface area contributed by atoms with Crippen molar-refractivity contribution in [2.75, 3.05) is 0 Å². The summed E-state index contributed by atoms with van der Waals surface area (Å²) in [6, 6.07) is 14.5. The SMILES string of the molecule is O=S(=O)(NCc1cc(-c2ccccc2)ncn1)c1cccnc1. The Bertz CT molecular complexity index is 884. The lowest BCUT2D eigenvalue weighted by molar-refractivity contribution is 0.580. The lowest BCUT2D eigenvalue weighted by Crippen LogP contribution is -2.23. The second-order valence-electron chi connectivity index (χ2n) is 4.77. The molecule has 0 saturated carbocycles. The van der Waals surface area contributed by atoms with Gasteiger partial charge in [-0.2, -0.15) is 0 Å². The third-order valence-corrected chi connectivity index (χ3v) is 4.57. The van der Waals surface area contributed by atoms with Gasteiger partial charge in [-0.15, -0.1) is 0 Å². The van der Waals surface area contributed by atoms with E-state index in [2.05, 4.69) is 19.7 Å². The van der Waals surface area contributed by atoms with Gasteiger partial charge in [0.15, 0.2) is 0 Å². The summed E-state index contributed by atoms with van der Waals surface area (Å²) in [6.07, 6.45) is 4.25. The fourth-order valence-corrected chi connectivity index (χ4v) is 2.98. The zero-order valence-electron chi connectivity index (χ0n) is 12.1. The third kappa shape index (κ3) is 3.77. The first-order chi connectivity index (χ1) is 11.1. The highest BCUT2D eigenvalue weighted by Crippen LogP contribution is 2.16. The number of pyridine rings is 1. The summed E-state index contributed by atoms with van der Waals surface area (Å²) in [5.74, 6) is 0. The Hall–Kier alpha value is -2.64. The van der Waals surface area contributed by atoms with Gasteiger partial charge in [-0.1, -0.05) is 30.3 Å². The molecule has 0 aliphatic rings.